The summed E-state index contributed by atoms with van der Waals surface area (Å²) in [6.45, 7) is 1.14. The highest BCUT2D eigenvalue weighted by Crippen LogP contribution is 2.38. The molecule has 2 heterocycles. The zero-order valence-electron chi connectivity index (χ0n) is 22.3. The summed E-state index contributed by atoms with van der Waals surface area (Å²) in [5, 5.41) is 12.2. The van der Waals surface area contributed by atoms with Crippen LogP contribution in [0.2, 0.25) is 0 Å². The second-order valence-corrected chi connectivity index (χ2v) is 9.76. The van der Waals surface area contributed by atoms with Crippen molar-refractivity contribution in [3.63, 3.8) is 0 Å². The minimum atomic E-state index is -5.08. The summed E-state index contributed by atoms with van der Waals surface area (Å²) in [5.41, 5.74) is -4.24. The molecular weight excluding hydrogens is 622 g/mol. The lowest BCUT2D eigenvalue weighted by Crippen LogP contribution is -2.57. The van der Waals surface area contributed by atoms with E-state index in [1.807, 2.05) is 9.80 Å². The van der Waals surface area contributed by atoms with Gasteiger partial charge in [0.15, 0.2) is 0 Å². The van der Waals surface area contributed by atoms with Crippen molar-refractivity contribution in [1.29, 1.82) is 0 Å². The van der Waals surface area contributed by atoms with Crippen LogP contribution in [-0.4, -0.2) is 72.4 Å². The lowest BCUT2D eigenvalue weighted by Gasteiger charge is -2.43. The van der Waals surface area contributed by atoms with Gasteiger partial charge in [-0.2, -0.15) is 39.5 Å². The van der Waals surface area contributed by atoms with E-state index in [2.05, 4.69) is 10.6 Å². The molecule has 242 valence electrons. The molecule has 3 N–H and O–H groups in total. The van der Waals surface area contributed by atoms with Gasteiger partial charge in [0, 0.05) is 31.9 Å². The van der Waals surface area contributed by atoms with Gasteiger partial charge in [-0.15, -0.1) is 0 Å². The quantitative estimate of drug-likeness (QED) is 0.409. The maximum absolute atomic E-state index is 13.7. The van der Waals surface area contributed by atoms with Crippen LogP contribution in [0.25, 0.3) is 0 Å². The van der Waals surface area contributed by atoms with Gasteiger partial charge in [-0.05, 0) is 49.2 Å². The third kappa shape index (κ3) is 8.09. The minimum absolute atomic E-state index is 0.112. The molecule has 0 aliphatic carbocycles. The third-order valence-corrected chi connectivity index (χ3v) is 6.99. The molecule has 0 unspecified atom stereocenters. The van der Waals surface area contributed by atoms with Crippen molar-refractivity contribution in [3.05, 3.63) is 65.0 Å². The largest absolute Gasteiger partial charge is 0.490 e. The first-order chi connectivity index (χ1) is 20.3. The monoisotopic (exact) mass is 646 g/mol. The van der Waals surface area contributed by atoms with E-state index in [9.17, 15) is 53.5 Å². The van der Waals surface area contributed by atoms with Gasteiger partial charge in [-0.25, -0.2) is 9.18 Å². The zero-order valence-corrected chi connectivity index (χ0v) is 22.3. The molecule has 2 aromatic rings. The minimum Gasteiger partial charge on any atom is -0.475 e. The van der Waals surface area contributed by atoms with Gasteiger partial charge in [-0.3, -0.25) is 9.59 Å². The molecular formula is C26H24F10N4O4. The molecule has 0 saturated carbocycles. The fourth-order valence-corrected chi connectivity index (χ4v) is 4.79. The van der Waals surface area contributed by atoms with Crippen molar-refractivity contribution < 1.29 is 63.4 Å². The van der Waals surface area contributed by atoms with Gasteiger partial charge in [0.2, 0.25) is 5.91 Å². The molecule has 18 heteroatoms. The fraction of sp³-hybridized carbons (Fsp3) is 0.423. The van der Waals surface area contributed by atoms with Gasteiger partial charge in [0.05, 0.1) is 23.4 Å². The summed E-state index contributed by atoms with van der Waals surface area (Å²) in [4.78, 5) is 37.7. The van der Waals surface area contributed by atoms with E-state index < -0.39 is 58.5 Å². The number of halogens is 10. The Kier molecular flexibility index (Phi) is 10.1. The smallest absolute Gasteiger partial charge is 0.475 e. The van der Waals surface area contributed by atoms with Crippen LogP contribution in [-0.2, 0) is 21.9 Å². The normalized spacial score (nSPS) is 17.1. The van der Waals surface area contributed by atoms with E-state index in [0.717, 1.165) is 0 Å². The van der Waals surface area contributed by atoms with Crippen molar-refractivity contribution in [1.82, 2.24) is 15.5 Å². The molecule has 1 spiro atoms. The summed E-state index contributed by atoms with van der Waals surface area (Å²) in [5.74, 6) is -4.64. The van der Waals surface area contributed by atoms with Gasteiger partial charge in [0.25, 0.3) is 5.91 Å². The van der Waals surface area contributed by atoms with E-state index in [-0.39, 0.29) is 43.9 Å². The number of nitrogens with one attached hydrogen (secondary N) is 2. The van der Waals surface area contributed by atoms with Crippen LogP contribution >= 0.6 is 0 Å². The number of carbonyl (C=O) groups excluding carboxylic acids is 2. The van der Waals surface area contributed by atoms with Gasteiger partial charge in [-0.1, -0.05) is 6.07 Å². The third-order valence-electron chi connectivity index (χ3n) is 6.99. The highest BCUT2D eigenvalue weighted by molar-refractivity contribution is 5.96. The topological polar surface area (TPSA) is 102 Å². The molecule has 0 aromatic heterocycles. The standard InChI is InChI=1S/C24H23F7N4O2.C2HF3O2/c25-16-2-1-3-17(13-16)35-14-33-21(37)22(35)6-9-34(10-7-22)11-8-32-20(36)18-12-15(23(26,27)28)4-5-19(18)24(29,30)31;3-2(4,5)1(6)7/h1-5,12-13H,6-11,14H2,(H,32,36)(H,33,37);(H,6,7). The number of alkyl halides is 9. The Bertz CT molecular complexity index is 1370. The van der Waals surface area contributed by atoms with Crippen LogP contribution < -0.4 is 15.5 Å². The number of carboxylic acid groups (broad SMARTS) is 1. The Morgan fingerprint density at radius 2 is 1.55 bits per heavy atom. The average molecular weight is 646 g/mol. The van der Waals surface area contributed by atoms with Crippen molar-refractivity contribution >= 4 is 23.5 Å². The van der Waals surface area contributed by atoms with Crippen molar-refractivity contribution in [3.8, 4) is 0 Å². The molecule has 0 bridgehead atoms. The van der Waals surface area contributed by atoms with Crippen LogP contribution in [0.5, 0.6) is 0 Å². The number of benzene rings is 2. The SMILES string of the molecule is O=C(NCCN1CCC2(CC1)C(=O)NCN2c1cccc(F)c1)c1cc(C(F)(F)F)ccc1C(F)(F)F.O=C(O)C(F)(F)F. The molecule has 2 amide bonds. The lowest BCUT2D eigenvalue weighted by molar-refractivity contribution is -0.192. The molecule has 44 heavy (non-hydrogen) atoms. The number of amides is 2. The van der Waals surface area contributed by atoms with Crippen LogP contribution in [0.4, 0.5) is 49.6 Å². The van der Waals surface area contributed by atoms with E-state index in [1.54, 1.807) is 12.1 Å². The molecule has 2 aliphatic rings. The molecule has 8 nitrogen and oxygen atoms in total. The number of hydrogen-bond acceptors (Lipinski definition) is 5. The predicted octanol–water partition coefficient (Wildman–Crippen LogP) is 4.65. The number of likely N-dealkylation sites (tertiary alicyclic amines) is 1. The number of anilines is 1. The Hall–Kier alpha value is -4.09. The van der Waals surface area contributed by atoms with Crippen LogP contribution in [0.1, 0.15) is 34.3 Å². The van der Waals surface area contributed by atoms with E-state index in [4.69, 9.17) is 9.90 Å². The molecule has 0 atom stereocenters. The van der Waals surface area contributed by atoms with Gasteiger partial charge in [0.1, 0.15) is 11.4 Å². The van der Waals surface area contributed by atoms with Crippen molar-refractivity contribution in [2.45, 2.75) is 36.9 Å². The highest BCUT2D eigenvalue weighted by atomic mass is 19.4. The first kappa shape index (κ1) is 34.4. The second-order valence-electron chi connectivity index (χ2n) is 9.76. The Morgan fingerprint density at radius 1 is 0.932 bits per heavy atom. The number of nitrogens with zero attached hydrogens (tertiary/aromatic N) is 2. The lowest BCUT2D eigenvalue weighted by atomic mass is 9.85. The molecule has 0 radical (unpaired) electrons. The average Bonchev–Trinajstić information content (AvgIpc) is 3.23. The van der Waals surface area contributed by atoms with Gasteiger partial charge < -0.3 is 25.5 Å². The van der Waals surface area contributed by atoms with Crippen molar-refractivity contribution in [2.24, 2.45) is 0 Å². The van der Waals surface area contributed by atoms with Gasteiger partial charge >= 0.3 is 24.5 Å². The summed E-state index contributed by atoms with van der Waals surface area (Å²) in [6, 6.07) is 6.63. The van der Waals surface area contributed by atoms with E-state index >= 15 is 0 Å². The first-order valence-corrected chi connectivity index (χ1v) is 12.7. The number of aliphatic carboxylic acids is 1. The highest BCUT2D eigenvalue weighted by Gasteiger charge is 2.50. The molecule has 2 aliphatic heterocycles. The van der Waals surface area contributed by atoms with Crippen molar-refractivity contribution in [2.75, 3.05) is 37.7 Å². The maximum atomic E-state index is 13.7. The molecule has 4 rings (SSSR count). The number of hydrogen-bond donors (Lipinski definition) is 3. The zero-order chi connectivity index (χ0) is 33.1. The summed E-state index contributed by atoms with van der Waals surface area (Å²) in [6.07, 6.45) is -14.2. The molecule has 2 fully saturated rings. The Labute approximate surface area is 242 Å². The van der Waals surface area contributed by atoms with Crippen LogP contribution in [0.3, 0.4) is 0 Å². The van der Waals surface area contributed by atoms with E-state index in [0.29, 0.717) is 31.6 Å². The number of piperidine rings is 1. The summed E-state index contributed by atoms with van der Waals surface area (Å²) in [7, 11) is 0. The fourth-order valence-electron chi connectivity index (χ4n) is 4.79. The summed E-state index contributed by atoms with van der Waals surface area (Å²) >= 11 is 0. The van der Waals surface area contributed by atoms with Crippen LogP contribution in [0.15, 0.2) is 42.5 Å². The molecule has 2 aromatic carbocycles. The molecule has 2 saturated heterocycles. The first-order valence-electron chi connectivity index (χ1n) is 12.7. The predicted molar refractivity (Wildman–Crippen MR) is 133 cm³/mol. The Morgan fingerprint density at radius 3 is 2.07 bits per heavy atom. The van der Waals surface area contributed by atoms with E-state index in [1.165, 1.54) is 12.1 Å². The van der Waals surface area contributed by atoms with Crippen LogP contribution in [0, 0.1) is 5.82 Å². The maximum Gasteiger partial charge on any atom is 0.490 e. The number of carbonyl (C=O) groups is 3. The number of rotatable bonds is 5. The number of carboxylic acids is 1. The Balaban J connectivity index is 0.000000676. The summed E-state index contributed by atoms with van der Waals surface area (Å²) < 4.78 is 124. The second kappa shape index (κ2) is 12.9.